The lowest BCUT2D eigenvalue weighted by Crippen LogP contribution is -2.44. The molecule has 0 aromatic rings. The van der Waals surface area contributed by atoms with E-state index in [2.05, 4.69) is 21.4 Å². The van der Waals surface area contributed by atoms with E-state index in [1.54, 1.807) is 0 Å². The van der Waals surface area contributed by atoms with Gasteiger partial charge in [-0.15, -0.1) is 0 Å². The quantitative estimate of drug-likeness (QED) is 0.493. The van der Waals surface area contributed by atoms with E-state index in [-0.39, 0.29) is 18.0 Å². The third-order valence-corrected chi connectivity index (χ3v) is 2.85. The van der Waals surface area contributed by atoms with Crippen molar-refractivity contribution in [1.29, 1.82) is 10.8 Å². The van der Waals surface area contributed by atoms with Crippen LogP contribution in [0.15, 0.2) is 5.11 Å². The molecule has 3 N–H and O–H groups in total. The van der Waals surface area contributed by atoms with E-state index < -0.39 is 6.09 Å². The molecular formula is C9H14N5O2+. The van der Waals surface area contributed by atoms with Gasteiger partial charge in [0.25, 0.3) is 0 Å². The van der Waals surface area contributed by atoms with Crippen molar-refractivity contribution in [3.05, 3.63) is 0 Å². The number of carbonyl (C=O) groups is 1. The number of nitriles is 1. The van der Waals surface area contributed by atoms with Crippen molar-refractivity contribution < 1.29 is 9.90 Å². The fourth-order valence-electron chi connectivity index (χ4n) is 2.09. The summed E-state index contributed by atoms with van der Waals surface area (Å²) in [5.41, 5.74) is 6.65. The number of hydrogen-bond acceptors (Lipinski definition) is 4. The van der Waals surface area contributed by atoms with E-state index in [4.69, 9.17) is 15.9 Å². The van der Waals surface area contributed by atoms with Crippen LogP contribution in [-0.4, -0.2) is 23.3 Å². The van der Waals surface area contributed by atoms with Gasteiger partial charge in [-0.2, -0.15) is 5.26 Å². The molecular weight excluding hydrogens is 210 g/mol. The van der Waals surface area contributed by atoms with Gasteiger partial charge in [-0.1, -0.05) is 0 Å². The molecule has 1 aliphatic carbocycles. The van der Waals surface area contributed by atoms with Crippen molar-refractivity contribution >= 4 is 6.09 Å². The van der Waals surface area contributed by atoms with E-state index in [0.717, 1.165) is 12.8 Å². The Morgan fingerprint density at radius 2 is 2.44 bits per heavy atom. The molecule has 16 heavy (non-hydrogen) atoms. The number of amides is 1. The number of carboxylic acid groups (broad SMARTS) is 1. The minimum atomic E-state index is -1.09. The molecule has 0 unspecified atom stereocenters. The summed E-state index contributed by atoms with van der Waals surface area (Å²) < 4.78 is 0. The van der Waals surface area contributed by atoms with Crippen LogP contribution in [0.5, 0.6) is 0 Å². The largest absolute Gasteiger partial charge is 0.465 e. The van der Waals surface area contributed by atoms with Crippen molar-refractivity contribution in [2.45, 2.75) is 37.8 Å². The molecule has 0 aromatic heterocycles. The third kappa shape index (κ3) is 3.33. The highest BCUT2D eigenvalue weighted by molar-refractivity contribution is 5.64. The maximum absolute atomic E-state index is 10.6. The summed E-state index contributed by atoms with van der Waals surface area (Å²) in [6.45, 7) is 0. The Morgan fingerprint density at radius 1 is 1.69 bits per heavy atom. The van der Waals surface area contributed by atoms with Gasteiger partial charge in [-0.25, -0.2) is 4.79 Å². The summed E-state index contributed by atoms with van der Waals surface area (Å²) in [6, 6.07) is 1.69. The van der Waals surface area contributed by atoms with Crippen molar-refractivity contribution in [3.8, 4) is 6.07 Å². The van der Waals surface area contributed by atoms with E-state index in [0.29, 0.717) is 12.8 Å². The van der Waals surface area contributed by atoms with Gasteiger partial charge in [0.2, 0.25) is 4.91 Å². The number of hydrogen-bond donors (Lipinski definition) is 3. The minimum absolute atomic E-state index is 0.0401. The number of nitrogens with zero attached hydrogens (tertiary/aromatic N) is 3. The molecule has 0 saturated heterocycles. The highest BCUT2D eigenvalue weighted by atomic mass is 16.4. The Hall–Kier alpha value is -1.93. The summed E-state index contributed by atoms with van der Waals surface area (Å²) in [5.74, 6) is 0.0401. The van der Waals surface area contributed by atoms with Crippen LogP contribution >= 0.6 is 0 Å². The van der Waals surface area contributed by atoms with Gasteiger partial charge in [0, 0.05) is 12.5 Å². The lowest BCUT2D eigenvalue weighted by Gasteiger charge is -2.31. The molecule has 1 aliphatic rings. The Bertz CT molecular complexity index is 344. The van der Waals surface area contributed by atoms with Crippen LogP contribution in [0, 0.1) is 22.8 Å². The molecule has 1 amide bonds. The van der Waals surface area contributed by atoms with Crippen LogP contribution < -0.4 is 10.2 Å². The van der Waals surface area contributed by atoms with E-state index >= 15 is 0 Å². The van der Waals surface area contributed by atoms with Crippen molar-refractivity contribution in [1.82, 2.24) is 10.2 Å². The number of nitrogens with one attached hydrogen (secondary N) is 2. The van der Waals surface area contributed by atoms with Crippen LogP contribution in [-0.2, 0) is 0 Å². The monoisotopic (exact) mass is 224 g/mol. The zero-order valence-corrected chi connectivity index (χ0v) is 8.76. The summed E-state index contributed by atoms with van der Waals surface area (Å²) in [5, 5.41) is 23.4. The topological polar surface area (TPSA) is 123 Å². The van der Waals surface area contributed by atoms with E-state index in [1.807, 2.05) is 0 Å². The maximum atomic E-state index is 10.6. The third-order valence-electron chi connectivity index (χ3n) is 2.85. The minimum Gasteiger partial charge on any atom is -0.465 e. The van der Waals surface area contributed by atoms with Gasteiger partial charge in [-0.3, -0.25) is 0 Å². The molecule has 1 saturated carbocycles. The molecule has 86 valence electrons. The Balaban J connectivity index is 2.65. The van der Waals surface area contributed by atoms with Gasteiger partial charge in [0.1, 0.15) is 16.7 Å². The Kier molecular flexibility index (Phi) is 4.42. The molecule has 7 nitrogen and oxygen atoms in total. The molecule has 1 rings (SSSR count). The van der Waals surface area contributed by atoms with Crippen LogP contribution in [0.25, 0.3) is 0 Å². The standard InChI is InChI=1S/C9H13N5O2/c10-4-3-6-1-2-7(13-14-11)5-8(6)12-9(15)16/h6-8,11-12H,1-3,5H2/p+1/t6-,7+,8-/m1/s1. The maximum Gasteiger partial charge on any atom is 0.404 e. The molecule has 7 heteroatoms. The van der Waals surface area contributed by atoms with Crippen LogP contribution in [0.4, 0.5) is 4.79 Å². The highest BCUT2D eigenvalue weighted by Gasteiger charge is 2.33. The second kappa shape index (κ2) is 5.83. The normalized spacial score (nSPS) is 28.6. The molecule has 0 aliphatic heterocycles. The average molecular weight is 224 g/mol. The van der Waals surface area contributed by atoms with Gasteiger partial charge in [0.05, 0.1) is 6.07 Å². The lowest BCUT2D eigenvalue weighted by atomic mass is 9.80. The van der Waals surface area contributed by atoms with Crippen molar-refractivity contribution in [2.75, 3.05) is 0 Å². The van der Waals surface area contributed by atoms with Gasteiger partial charge >= 0.3 is 6.09 Å². The lowest BCUT2D eigenvalue weighted by molar-refractivity contribution is 0.172. The first kappa shape index (κ1) is 12.1. The molecule has 0 spiro atoms. The Labute approximate surface area is 92.7 Å². The molecule has 0 bridgehead atoms. The van der Waals surface area contributed by atoms with Crippen LogP contribution in [0.2, 0.25) is 0 Å². The van der Waals surface area contributed by atoms with Gasteiger partial charge < -0.3 is 10.4 Å². The second-order valence-corrected chi connectivity index (χ2v) is 3.86. The second-order valence-electron chi connectivity index (χ2n) is 3.86. The van der Waals surface area contributed by atoms with Gasteiger partial charge in [0.15, 0.2) is 0 Å². The Morgan fingerprint density at radius 3 is 3.00 bits per heavy atom. The van der Waals surface area contributed by atoms with Crippen molar-refractivity contribution in [2.24, 2.45) is 11.0 Å². The SMILES string of the molecule is N#CC[C@H]1CC[C@H](N=[N+]=N)C[C@H]1NC(=O)O. The fourth-order valence-corrected chi connectivity index (χ4v) is 2.09. The molecule has 0 heterocycles. The first-order valence-corrected chi connectivity index (χ1v) is 5.10. The van der Waals surface area contributed by atoms with E-state index in [9.17, 15) is 4.79 Å². The van der Waals surface area contributed by atoms with E-state index in [1.165, 1.54) is 0 Å². The van der Waals surface area contributed by atoms with Crippen LogP contribution in [0.3, 0.4) is 0 Å². The first-order chi connectivity index (χ1) is 7.67. The molecule has 0 radical (unpaired) electrons. The predicted octanol–water partition coefficient (Wildman–Crippen LogP) is 1.26. The highest BCUT2D eigenvalue weighted by Crippen LogP contribution is 2.28. The van der Waals surface area contributed by atoms with Gasteiger partial charge in [-0.05, 0) is 25.2 Å². The zero-order chi connectivity index (χ0) is 12.0. The number of rotatable bonds is 3. The summed E-state index contributed by atoms with van der Waals surface area (Å²) >= 11 is 0. The van der Waals surface area contributed by atoms with Crippen LogP contribution in [0.1, 0.15) is 25.7 Å². The predicted molar refractivity (Wildman–Crippen MR) is 53.6 cm³/mol. The zero-order valence-electron chi connectivity index (χ0n) is 8.76. The first-order valence-electron chi connectivity index (χ1n) is 5.10. The summed E-state index contributed by atoms with van der Waals surface area (Å²) in [4.78, 5) is 13.6. The fraction of sp³-hybridized carbons (Fsp3) is 0.778. The molecule has 1 fully saturated rings. The van der Waals surface area contributed by atoms with Crippen molar-refractivity contribution in [3.63, 3.8) is 0 Å². The summed E-state index contributed by atoms with van der Waals surface area (Å²) in [6.07, 6.45) is 1.27. The smallest absolute Gasteiger partial charge is 0.404 e. The molecule has 3 atom stereocenters. The average Bonchev–Trinajstić information content (AvgIpc) is 2.22. The summed E-state index contributed by atoms with van der Waals surface area (Å²) in [7, 11) is 0. The molecule has 0 aromatic carbocycles.